The van der Waals surface area contributed by atoms with Crippen molar-refractivity contribution in [2.45, 2.75) is 6.42 Å². The minimum Gasteiger partial charge on any atom is -0.497 e. The average molecular weight is 243 g/mol. The van der Waals surface area contributed by atoms with Crippen LogP contribution in [0.1, 0.15) is 11.1 Å². The third-order valence-electron chi connectivity index (χ3n) is 2.85. The molecule has 0 bridgehead atoms. The second kappa shape index (κ2) is 5.45. The largest absolute Gasteiger partial charge is 0.497 e. The summed E-state index contributed by atoms with van der Waals surface area (Å²) in [5, 5.41) is 0. The number of ether oxygens (including phenoxy) is 2. The molecule has 3 nitrogen and oxygen atoms in total. The molecule has 0 aliphatic rings. The van der Waals surface area contributed by atoms with E-state index in [2.05, 4.69) is 12.1 Å². The molecule has 0 atom stereocenters. The number of anilines is 1. The Hall–Kier alpha value is -2.16. The lowest BCUT2D eigenvalue weighted by atomic mass is 10.0. The van der Waals surface area contributed by atoms with Crippen molar-refractivity contribution in [2.75, 3.05) is 20.0 Å². The molecule has 0 aromatic heterocycles. The van der Waals surface area contributed by atoms with E-state index >= 15 is 0 Å². The van der Waals surface area contributed by atoms with E-state index in [-0.39, 0.29) is 0 Å². The van der Waals surface area contributed by atoms with E-state index in [9.17, 15) is 0 Å². The summed E-state index contributed by atoms with van der Waals surface area (Å²) in [4.78, 5) is 0. The lowest BCUT2D eigenvalue weighted by Gasteiger charge is -2.13. The summed E-state index contributed by atoms with van der Waals surface area (Å²) < 4.78 is 10.6. The van der Waals surface area contributed by atoms with Crippen LogP contribution in [-0.2, 0) is 6.42 Å². The summed E-state index contributed by atoms with van der Waals surface area (Å²) in [6, 6.07) is 13.9. The van der Waals surface area contributed by atoms with Crippen molar-refractivity contribution in [3.63, 3.8) is 0 Å². The zero-order valence-electron chi connectivity index (χ0n) is 10.6. The fraction of sp³-hybridized carbons (Fsp3) is 0.200. The number of nitrogens with two attached hydrogens (primary N) is 1. The second-order valence-electron chi connectivity index (χ2n) is 4.07. The van der Waals surface area contributed by atoms with E-state index in [4.69, 9.17) is 15.2 Å². The molecule has 3 heteroatoms. The van der Waals surface area contributed by atoms with Crippen LogP contribution < -0.4 is 15.2 Å². The first-order valence-electron chi connectivity index (χ1n) is 5.79. The van der Waals surface area contributed by atoms with Gasteiger partial charge in [-0.1, -0.05) is 30.3 Å². The van der Waals surface area contributed by atoms with Gasteiger partial charge in [-0.2, -0.15) is 0 Å². The molecule has 0 unspecified atom stereocenters. The highest BCUT2D eigenvalue weighted by molar-refractivity contribution is 5.61. The van der Waals surface area contributed by atoms with E-state index in [0.717, 1.165) is 23.5 Å². The molecule has 2 rings (SSSR count). The topological polar surface area (TPSA) is 44.5 Å². The Labute approximate surface area is 107 Å². The Morgan fingerprint density at radius 1 is 1.00 bits per heavy atom. The van der Waals surface area contributed by atoms with Gasteiger partial charge in [0.15, 0.2) is 0 Å². The first kappa shape index (κ1) is 12.3. The zero-order valence-corrected chi connectivity index (χ0v) is 10.6. The quantitative estimate of drug-likeness (QED) is 0.840. The zero-order chi connectivity index (χ0) is 13.0. The van der Waals surface area contributed by atoms with Crippen LogP contribution >= 0.6 is 0 Å². The predicted molar refractivity (Wildman–Crippen MR) is 73.2 cm³/mol. The summed E-state index contributed by atoms with van der Waals surface area (Å²) in [6.07, 6.45) is 0.769. The molecule has 0 aliphatic carbocycles. The maximum atomic E-state index is 5.96. The van der Waals surface area contributed by atoms with Gasteiger partial charge in [0.25, 0.3) is 0 Å². The lowest BCUT2D eigenvalue weighted by Crippen LogP contribution is -2.00. The number of methoxy groups -OCH3 is 2. The smallest absolute Gasteiger partial charge is 0.145 e. The Kier molecular flexibility index (Phi) is 3.72. The van der Waals surface area contributed by atoms with Crippen LogP contribution in [0.25, 0.3) is 0 Å². The van der Waals surface area contributed by atoms with E-state index < -0.39 is 0 Å². The van der Waals surface area contributed by atoms with Crippen molar-refractivity contribution < 1.29 is 9.47 Å². The highest BCUT2D eigenvalue weighted by Gasteiger charge is 2.10. The maximum Gasteiger partial charge on any atom is 0.145 e. The second-order valence-corrected chi connectivity index (χ2v) is 4.07. The third kappa shape index (κ3) is 2.56. The van der Waals surface area contributed by atoms with Crippen molar-refractivity contribution in [1.29, 1.82) is 0 Å². The van der Waals surface area contributed by atoms with E-state index in [1.807, 2.05) is 24.3 Å². The number of rotatable bonds is 4. The monoisotopic (exact) mass is 243 g/mol. The average Bonchev–Trinajstić information content (AvgIpc) is 2.39. The van der Waals surface area contributed by atoms with Gasteiger partial charge in [-0.25, -0.2) is 0 Å². The molecule has 94 valence electrons. The van der Waals surface area contributed by atoms with Crippen LogP contribution in [0.4, 0.5) is 5.69 Å². The Morgan fingerprint density at radius 3 is 2.33 bits per heavy atom. The molecule has 0 fully saturated rings. The summed E-state index contributed by atoms with van der Waals surface area (Å²) in [5.41, 5.74) is 8.80. The van der Waals surface area contributed by atoms with E-state index in [0.29, 0.717) is 5.69 Å². The maximum absolute atomic E-state index is 5.96. The molecule has 0 aliphatic heterocycles. The van der Waals surface area contributed by atoms with Crippen LogP contribution in [0.5, 0.6) is 11.5 Å². The molecule has 0 heterocycles. The molecule has 0 saturated carbocycles. The Balaban J connectivity index is 2.39. The third-order valence-corrected chi connectivity index (χ3v) is 2.85. The van der Waals surface area contributed by atoms with Gasteiger partial charge < -0.3 is 15.2 Å². The predicted octanol–water partition coefficient (Wildman–Crippen LogP) is 2.88. The molecular formula is C15H17NO2. The minimum atomic E-state index is 0.600. The Morgan fingerprint density at radius 2 is 1.72 bits per heavy atom. The van der Waals surface area contributed by atoms with Gasteiger partial charge in [0.05, 0.1) is 19.9 Å². The summed E-state index contributed by atoms with van der Waals surface area (Å²) in [6.45, 7) is 0. The fourth-order valence-electron chi connectivity index (χ4n) is 2.00. The molecule has 0 radical (unpaired) electrons. The van der Waals surface area contributed by atoms with Crippen molar-refractivity contribution in [2.24, 2.45) is 0 Å². The summed E-state index contributed by atoms with van der Waals surface area (Å²) in [5.74, 6) is 1.47. The summed E-state index contributed by atoms with van der Waals surface area (Å²) in [7, 11) is 3.26. The molecule has 0 saturated heterocycles. The first-order valence-corrected chi connectivity index (χ1v) is 5.79. The van der Waals surface area contributed by atoms with Gasteiger partial charge >= 0.3 is 0 Å². The van der Waals surface area contributed by atoms with Gasteiger partial charge in [-0.3, -0.25) is 0 Å². The van der Waals surface area contributed by atoms with Gasteiger partial charge in [0, 0.05) is 18.1 Å². The van der Waals surface area contributed by atoms with Crippen molar-refractivity contribution >= 4 is 5.69 Å². The molecule has 0 spiro atoms. The highest BCUT2D eigenvalue weighted by atomic mass is 16.5. The summed E-state index contributed by atoms with van der Waals surface area (Å²) >= 11 is 0. The lowest BCUT2D eigenvalue weighted by molar-refractivity contribution is 0.401. The van der Waals surface area contributed by atoms with Gasteiger partial charge in [0.1, 0.15) is 11.5 Å². The van der Waals surface area contributed by atoms with Crippen LogP contribution in [0.15, 0.2) is 42.5 Å². The van der Waals surface area contributed by atoms with Crippen LogP contribution in [0.3, 0.4) is 0 Å². The molecule has 2 aromatic rings. The fourth-order valence-corrected chi connectivity index (χ4v) is 2.00. The SMILES string of the molecule is COc1cc(N)c(OC)c(Cc2ccccc2)c1. The van der Waals surface area contributed by atoms with Crippen molar-refractivity contribution in [3.8, 4) is 11.5 Å². The molecular weight excluding hydrogens is 226 g/mol. The molecule has 18 heavy (non-hydrogen) atoms. The van der Waals surface area contributed by atoms with Gasteiger partial charge in [0.2, 0.25) is 0 Å². The number of hydrogen-bond acceptors (Lipinski definition) is 3. The first-order chi connectivity index (χ1) is 8.74. The van der Waals surface area contributed by atoms with Crippen molar-refractivity contribution in [1.82, 2.24) is 0 Å². The molecule has 2 aromatic carbocycles. The van der Waals surface area contributed by atoms with E-state index in [1.54, 1.807) is 20.3 Å². The normalized spacial score (nSPS) is 10.1. The highest BCUT2D eigenvalue weighted by Crippen LogP contribution is 2.32. The number of hydrogen-bond donors (Lipinski definition) is 1. The van der Waals surface area contributed by atoms with Crippen molar-refractivity contribution in [3.05, 3.63) is 53.6 Å². The molecule has 0 amide bonds. The molecule has 2 N–H and O–H groups in total. The minimum absolute atomic E-state index is 0.600. The van der Waals surface area contributed by atoms with Crippen LogP contribution in [-0.4, -0.2) is 14.2 Å². The number of benzene rings is 2. The standard InChI is InChI=1S/C15H17NO2/c1-17-13-9-12(15(18-2)14(16)10-13)8-11-6-4-3-5-7-11/h3-7,9-10H,8,16H2,1-2H3. The van der Waals surface area contributed by atoms with E-state index in [1.165, 1.54) is 5.56 Å². The van der Waals surface area contributed by atoms with Gasteiger partial charge in [-0.15, -0.1) is 0 Å². The van der Waals surface area contributed by atoms with Crippen LogP contribution in [0.2, 0.25) is 0 Å². The van der Waals surface area contributed by atoms with Crippen LogP contribution in [0, 0.1) is 0 Å². The number of nitrogen functional groups attached to an aromatic ring is 1. The van der Waals surface area contributed by atoms with Gasteiger partial charge in [-0.05, 0) is 11.6 Å². The Bertz CT molecular complexity index is 524.